The first-order valence-electron chi connectivity index (χ1n) is 3.80. The molecule has 0 saturated carbocycles. The van der Waals surface area contributed by atoms with Gasteiger partial charge >= 0.3 is 0 Å². The zero-order valence-corrected chi connectivity index (χ0v) is 7.55. The Bertz CT molecular complexity index is 303. The average molecular weight is 164 g/mol. The van der Waals surface area contributed by atoms with Gasteiger partial charge in [0, 0.05) is 11.1 Å². The van der Waals surface area contributed by atoms with Crippen molar-refractivity contribution in [2.75, 3.05) is 7.11 Å². The Labute approximate surface area is 72.2 Å². The molecule has 12 heavy (non-hydrogen) atoms. The number of hydrogen-bond donors (Lipinski definition) is 0. The predicted molar refractivity (Wildman–Crippen MR) is 47.9 cm³/mol. The summed E-state index contributed by atoms with van der Waals surface area (Å²) in [5.41, 5.74) is 2.66. The fraction of sp³-hybridized carbons (Fsp3) is 0.300. The number of methoxy groups -OCH3 is 1. The summed E-state index contributed by atoms with van der Waals surface area (Å²) >= 11 is 0. The molecular formula is C10H12O2. The van der Waals surface area contributed by atoms with Gasteiger partial charge in [0.15, 0.2) is 0 Å². The van der Waals surface area contributed by atoms with Crippen molar-refractivity contribution in [2.24, 2.45) is 0 Å². The molecule has 0 fully saturated rings. The number of aldehydes is 1. The lowest BCUT2D eigenvalue weighted by molar-refractivity contribution is 0.112. The minimum atomic E-state index is 0.692. The van der Waals surface area contributed by atoms with Gasteiger partial charge in [-0.3, -0.25) is 4.79 Å². The second kappa shape index (κ2) is 3.39. The molecule has 0 radical (unpaired) electrons. The van der Waals surface area contributed by atoms with Gasteiger partial charge in [0.25, 0.3) is 0 Å². The maximum absolute atomic E-state index is 10.6. The molecule has 0 saturated heterocycles. The molecule has 0 bridgehead atoms. The van der Waals surface area contributed by atoms with E-state index in [0.717, 1.165) is 23.2 Å². The SMILES string of the molecule is COc1c(C)ccc(C=O)c1C. The molecule has 0 aliphatic carbocycles. The Morgan fingerprint density at radius 3 is 2.50 bits per heavy atom. The molecule has 0 heterocycles. The molecule has 0 atom stereocenters. The van der Waals surface area contributed by atoms with Crippen molar-refractivity contribution >= 4 is 6.29 Å². The van der Waals surface area contributed by atoms with Crippen LogP contribution < -0.4 is 4.74 Å². The maximum atomic E-state index is 10.6. The fourth-order valence-corrected chi connectivity index (χ4v) is 1.28. The van der Waals surface area contributed by atoms with E-state index < -0.39 is 0 Å². The highest BCUT2D eigenvalue weighted by Gasteiger charge is 2.05. The zero-order valence-electron chi connectivity index (χ0n) is 7.55. The lowest BCUT2D eigenvalue weighted by Gasteiger charge is -2.09. The highest BCUT2D eigenvalue weighted by atomic mass is 16.5. The number of benzene rings is 1. The molecule has 0 N–H and O–H groups in total. The van der Waals surface area contributed by atoms with Gasteiger partial charge in [0.1, 0.15) is 12.0 Å². The van der Waals surface area contributed by atoms with Crippen LogP contribution in [0.3, 0.4) is 0 Å². The van der Waals surface area contributed by atoms with Crippen LogP contribution in [-0.4, -0.2) is 13.4 Å². The summed E-state index contributed by atoms with van der Waals surface area (Å²) in [5.74, 6) is 0.805. The van der Waals surface area contributed by atoms with Crippen molar-refractivity contribution in [3.05, 3.63) is 28.8 Å². The number of aryl methyl sites for hydroxylation is 1. The van der Waals surface area contributed by atoms with Crippen LogP contribution in [0.5, 0.6) is 5.75 Å². The molecule has 0 amide bonds. The number of ether oxygens (including phenoxy) is 1. The molecule has 1 aromatic carbocycles. The van der Waals surface area contributed by atoms with Crippen molar-refractivity contribution in [2.45, 2.75) is 13.8 Å². The summed E-state index contributed by atoms with van der Waals surface area (Å²) < 4.78 is 5.16. The number of hydrogen-bond acceptors (Lipinski definition) is 2. The zero-order chi connectivity index (χ0) is 9.14. The van der Waals surface area contributed by atoms with Gasteiger partial charge in [-0.05, 0) is 19.4 Å². The van der Waals surface area contributed by atoms with E-state index >= 15 is 0 Å². The van der Waals surface area contributed by atoms with E-state index in [9.17, 15) is 4.79 Å². The second-order valence-corrected chi connectivity index (χ2v) is 2.75. The van der Waals surface area contributed by atoms with Crippen LogP contribution in [-0.2, 0) is 0 Å². The third kappa shape index (κ3) is 1.33. The Morgan fingerprint density at radius 1 is 1.33 bits per heavy atom. The van der Waals surface area contributed by atoms with Crippen LogP contribution in [0, 0.1) is 13.8 Å². The topological polar surface area (TPSA) is 26.3 Å². The monoisotopic (exact) mass is 164 g/mol. The van der Waals surface area contributed by atoms with Crippen LogP contribution in [0.1, 0.15) is 21.5 Å². The van der Waals surface area contributed by atoms with E-state index in [0.29, 0.717) is 5.56 Å². The molecule has 0 spiro atoms. The first kappa shape index (κ1) is 8.78. The van der Waals surface area contributed by atoms with E-state index in [1.807, 2.05) is 19.9 Å². The first-order valence-corrected chi connectivity index (χ1v) is 3.80. The Morgan fingerprint density at radius 2 is 2.00 bits per heavy atom. The minimum absolute atomic E-state index is 0.692. The van der Waals surface area contributed by atoms with Gasteiger partial charge in [-0.2, -0.15) is 0 Å². The summed E-state index contributed by atoms with van der Waals surface area (Å²) in [6, 6.07) is 3.69. The highest BCUT2D eigenvalue weighted by Crippen LogP contribution is 2.24. The Kier molecular flexibility index (Phi) is 2.48. The van der Waals surface area contributed by atoms with Gasteiger partial charge in [0.05, 0.1) is 7.11 Å². The fourth-order valence-electron chi connectivity index (χ4n) is 1.28. The van der Waals surface area contributed by atoms with Crippen LogP contribution >= 0.6 is 0 Å². The molecule has 64 valence electrons. The van der Waals surface area contributed by atoms with Crippen LogP contribution in [0.25, 0.3) is 0 Å². The molecule has 0 aliphatic rings. The van der Waals surface area contributed by atoms with E-state index in [4.69, 9.17) is 4.74 Å². The highest BCUT2D eigenvalue weighted by molar-refractivity contribution is 5.79. The van der Waals surface area contributed by atoms with Crippen LogP contribution in [0.2, 0.25) is 0 Å². The van der Waals surface area contributed by atoms with Gasteiger partial charge < -0.3 is 4.74 Å². The van der Waals surface area contributed by atoms with Crippen molar-refractivity contribution in [3.63, 3.8) is 0 Å². The summed E-state index contributed by atoms with van der Waals surface area (Å²) in [6.45, 7) is 3.84. The summed E-state index contributed by atoms with van der Waals surface area (Å²) in [6.07, 6.45) is 0.845. The lowest BCUT2D eigenvalue weighted by atomic mass is 10.1. The normalized spacial score (nSPS) is 9.58. The van der Waals surface area contributed by atoms with Crippen LogP contribution in [0.15, 0.2) is 12.1 Å². The third-order valence-electron chi connectivity index (χ3n) is 1.98. The molecule has 0 aromatic heterocycles. The van der Waals surface area contributed by atoms with Gasteiger partial charge in [-0.25, -0.2) is 0 Å². The molecule has 1 rings (SSSR count). The Balaban J connectivity index is 3.33. The van der Waals surface area contributed by atoms with Crippen molar-refractivity contribution in [3.8, 4) is 5.75 Å². The average Bonchev–Trinajstić information content (AvgIpc) is 2.06. The first-order chi connectivity index (χ1) is 5.70. The number of carbonyl (C=O) groups is 1. The lowest BCUT2D eigenvalue weighted by Crippen LogP contribution is -1.94. The maximum Gasteiger partial charge on any atom is 0.150 e. The minimum Gasteiger partial charge on any atom is -0.496 e. The number of rotatable bonds is 2. The predicted octanol–water partition coefficient (Wildman–Crippen LogP) is 2.12. The van der Waals surface area contributed by atoms with E-state index in [2.05, 4.69) is 0 Å². The Hall–Kier alpha value is -1.31. The van der Waals surface area contributed by atoms with Crippen molar-refractivity contribution in [1.82, 2.24) is 0 Å². The molecule has 2 nitrogen and oxygen atoms in total. The standard InChI is InChI=1S/C10H12O2/c1-7-4-5-9(6-11)8(2)10(7)12-3/h4-6H,1-3H3. The van der Waals surface area contributed by atoms with Crippen molar-refractivity contribution in [1.29, 1.82) is 0 Å². The molecule has 0 aliphatic heterocycles. The van der Waals surface area contributed by atoms with E-state index in [-0.39, 0.29) is 0 Å². The van der Waals surface area contributed by atoms with Crippen molar-refractivity contribution < 1.29 is 9.53 Å². The summed E-state index contributed by atoms with van der Waals surface area (Å²) in [4.78, 5) is 10.6. The molecule has 2 heteroatoms. The van der Waals surface area contributed by atoms with E-state index in [1.54, 1.807) is 13.2 Å². The second-order valence-electron chi connectivity index (χ2n) is 2.75. The summed E-state index contributed by atoms with van der Waals surface area (Å²) in [7, 11) is 1.61. The number of carbonyl (C=O) groups excluding carboxylic acids is 1. The molecule has 1 aromatic rings. The van der Waals surface area contributed by atoms with E-state index in [1.165, 1.54) is 0 Å². The summed E-state index contributed by atoms with van der Waals surface area (Å²) in [5, 5.41) is 0. The smallest absolute Gasteiger partial charge is 0.150 e. The van der Waals surface area contributed by atoms with Gasteiger partial charge in [-0.1, -0.05) is 12.1 Å². The van der Waals surface area contributed by atoms with Gasteiger partial charge in [-0.15, -0.1) is 0 Å². The van der Waals surface area contributed by atoms with Gasteiger partial charge in [0.2, 0.25) is 0 Å². The third-order valence-corrected chi connectivity index (χ3v) is 1.98. The largest absolute Gasteiger partial charge is 0.496 e. The quantitative estimate of drug-likeness (QED) is 0.626. The molecule has 0 unspecified atom stereocenters. The molecular weight excluding hydrogens is 152 g/mol. The van der Waals surface area contributed by atoms with Crippen LogP contribution in [0.4, 0.5) is 0 Å².